The highest BCUT2D eigenvalue weighted by molar-refractivity contribution is 7.80. The van der Waals surface area contributed by atoms with Crippen molar-refractivity contribution in [1.29, 1.82) is 0 Å². The third-order valence-corrected chi connectivity index (χ3v) is 10.4. The van der Waals surface area contributed by atoms with Gasteiger partial charge in [-0.3, -0.25) is 9.59 Å². The number of anilines is 1. The maximum atomic E-state index is 14.0. The molecule has 3 aliphatic rings. The van der Waals surface area contributed by atoms with E-state index in [1.54, 1.807) is 28.0 Å². The largest absolute Gasteiger partial charge is 0.495 e. The molecule has 0 radical (unpaired) electrons. The number of methoxy groups -OCH3 is 2. The molecular weight excluding hydrogens is 674 g/mol. The number of alkyl carbamates (subject to hydrolysis) is 1. The van der Waals surface area contributed by atoms with Crippen LogP contribution in [0.15, 0.2) is 35.9 Å². The fourth-order valence-electron chi connectivity index (χ4n) is 6.44. The molecule has 2 fully saturated rings. The van der Waals surface area contributed by atoms with Crippen LogP contribution in [0.2, 0.25) is 5.02 Å². The molecule has 0 spiro atoms. The quantitative estimate of drug-likeness (QED) is 0.237. The van der Waals surface area contributed by atoms with Gasteiger partial charge in [0, 0.05) is 40.0 Å². The van der Waals surface area contributed by atoms with Gasteiger partial charge in [-0.05, 0) is 50.6 Å². The Hall–Kier alpha value is -3.26. The lowest BCUT2D eigenvalue weighted by Gasteiger charge is -2.36. The number of rotatable bonds is 7. The molecule has 1 N–H and O–H groups in total. The summed E-state index contributed by atoms with van der Waals surface area (Å²) in [4.78, 5) is 55.6. The maximum Gasteiger partial charge on any atom is 0.407 e. The molecule has 0 aromatic heterocycles. The van der Waals surface area contributed by atoms with Crippen LogP contribution in [0.3, 0.4) is 0 Å². The van der Waals surface area contributed by atoms with E-state index in [1.807, 2.05) is 44.2 Å². The van der Waals surface area contributed by atoms with E-state index in [0.29, 0.717) is 30.0 Å². The van der Waals surface area contributed by atoms with Crippen LogP contribution in [0.4, 0.5) is 10.5 Å². The van der Waals surface area contributed by atoms with Crippen LogP contribution >= 0.6 is 24.2 Å². The van der Waals surface area contributed by atoms with Gasteiger partial charge in [-0.2, -0.15) is 12.6 Å². The van der Waals surface area contributed by atoms with Crippen LogP contribution in [-0.2, 0) is 39.8 Å². The molecule has 4 bridgehead atoms. The third kappa shape index (κ3) is 8.73. The zero-order valence-corrected chi connectivity index (χ0v) is 31.0. The number of ether oxygens (including phenoxy) is 5. The second-order valence-corrected chi connectivity index (χ2v) is 14.0. The number of esters is 1. The smallest absolute Gasteiger partial charge is 0.407 e. The van der Waals surface area contributed by atoms with Gasteiger partial charge in [0.15, 0.2) is 0 Å². The van der Waals surface area contributed by atoms with E-state index in [2.05, 4.69) is 17.9 Å². The number of hydrogen-bond acceptors (Lipinski definition) is 10. The van der Waals surface area contributed by atoms with E-state index < -0.39 is 54.0 Å². The summed E-state index contributed by atoms with van der Waals surface area (Å²) < 4.78 is 29.4. The Morgan fingerprint density at radius 1 is 1.27 bits per heavy atom. The highest BCUT2D eigenvalue weighted by atomic mass is 35.5. The van der Waals surface area contributed by atoms with E-state index in [-0.39, 0.29) is 35.7 Å². The number of epoxide rings is 1. The molecule has 270 valence electrons. The zero-order valence-electron chi connectivity index (χ0n) is 29.4. The van der Waals surface area contributed by atoms with Crippen molar-refractivity contribution in [2.24, 2.45) is 5.92 Å². The van der Waals surface area contributed by atoms with Gasteiger partial charge in [0.25, 0.3) is 0 Å². The van der Waals surface area contributed by atoms with Crippen molar-refractivity contribution < 1.29 is 42.9 Å². The van der Waals surface area contributed by atoms with Gasteiger partial charge in [0.2, 0.25) is 11.8 Å². The maximum absolute atomic E-state index is 14.0. The fraction of sp³-hybridized carbons (Fsp3) is 0.600. The summed E-state index contributed by atoms with van der Waals surface area (Å²) in [6.45, 7) is 7.22. The Balaban J connectivity index is 1.75. The molecule has 14 heteroatoms. The van der Waals surface area contributed by atoms with Crippen molar-refractivity contribution in [1.82, 2.24) is 10.2 Å². The summed E-state index contributed by atoms with van der Waals surface area (Å²) in [5.74, 6) is -0.958. The third-order valence-electron chi connectivity index (χ3n) is 9.77. The van der Waals surface area contributed by atoms with Gasteiger partial charge < -0.3 is 38.8 Å². The molecule has 4 rings (SSSR count). The van der Waals surface area contributed by atoms with Crippen molar-refractivity contribution in [3.63, 3.8) is 0 Å². The van der Waals surface area contributed by atoms with E-state index in [9.17, 15) is 19.2 Å². The van der Waals surface area contributed by atoms with Crippen LogP contribution in [0.25, 0.3) is 0 Å². The Morgan fingerprint density at radius 2 is 1.98 bits per heavy atom. The Kier molecular flexibility index (Phi) is 12.7. The molecule has 3 aliphatic heterocycles. The fourth-order valence-corrected chi connectivity index (χ4v) is 6.94. The molecule has 1 unspecified atom stereocenters. The molecule has 12 nitrogen and oxygen atoms in total. The van der Waals surface area contributed by atoms with Gasteiger partial charge in [0.05, 0.1) is 37.5 Å². The molecule has 3 heterocycles. The molecule has 0 aliphatic carbocycles. The summed E-state index contributed by atoms with van der Waals surface area (Å²) in [6, 6.07) is 2.34. The average Bonchev–Trinajstić information content (AvgIpc) is 3.77. The molecule has 1 aromatic rings. The monoisotopic (exact) mass is 721 g/mol. The number of fused-ring (bicyclic) bond motifs is 5. The van der Waals surface area contributed by atoms with Crippen molar-refractivity contribution in [2.45, 2.75) is 95.5 Å². The SMILES string of the molecule is COc1cc2cc(c1Cl)N(C)C(=O)C[C@H](OC(=O)[C@H](C)N(C)C(=O)CCS)[C@]1(C)O[C@H]1[C@H](C)[C@@H]1CC(NC(=O)O1)[C@H](OC)/C=C/C=C(\C)C2. The predicted octanol–water partition coefficient (Wildman–Crippen LogP) is 4.51. The number of halogens is 1. The van der Waals surface area contributed by atoms with Crippen LogP contribution in [0.1, 0.15) is 52.5 Å². The molecule has 2 saturated heterocycles. The van der Waals surface area contributed by atoms with Crippen LogP contribution in [0, 0.1) is 5.92 Å². The summed E-state index contributed by atoms with van der Waals surface area (Å²) in [7, 11) is 6.21. The first-order chi connectivity index (χ1) is 23.1. The number of carbonyl (C=O) groups is 4. The number of amides is 3. The number of thiol groups is 1. The summed E-state index contributed by atoms with van der Waals surface area (Å²) in [5.41, 5.74) is 1.19. The predicted molar refractivity (Wildman–Crippen MR) is 188 cm³/mol. The van der Waals surface area contributed by atoms with Crippen molar-refractivity contribution >= 4 is 53.8 Å². The lowest BCUT2D eigenvalue weighted by Crippen LogP contribution is -2.53. The van der Waals surface area contributed by atoms with Gasteiger partial charge in [-0.1, -0.05) is 42.3 Å². The minimum absolute atomic E-state index is 0.151. The average molecular weight is 722 g/mol. The topological polar surface area (TPSA) is 136 Å². The minimum atomic E-state index is -1.11. The lowest BCUT2D eigenvalue weighted by atomic mass is 9.84. The molecular formula is C35H48ClN3O9S. The van der Waals surface area contributed by atoms with Gasteiger partial charge >= 0.3 is 12.1 Å². The zero-order chi connectivity index (χ0) is 36.2. The van der Waals surface area contributed by atoms with Gasteiger partial charge in [0.1, 0.15) is 34.6 Å². The Bertz CT molecular complexity index is 1490. The first kappa shape index (κ1) is 38.5. The summed E-state index contributed by atoms with van der Waals surface area (Å²) in [6.07, 6.45) is 3.45. The summed E-state index contributed by atoms with van der Waals surface area (Å²) >= 11 is 10.9. The standard InChI is InChI=1S/C35H48ClN3O9S/c1-19-10-9-11-25(44-7)23-17-26(46-34(43)37-23)20(2)32-35(4,48-32)28(47-33(42)21(3)38(5)29(40)12-13-49)18-30(41)39(6)24-15-22(14-19)16-27(45-8)31(24)36/h9-11,15-16,20-21,23,25-26,28,32,49H,12-14,17-18H2,1-8H3,(H,37,43)/b11-9+,19-10+/t20-,21+,23?,25-,26+,28+,32+,35+/m1/s1. The van der Waals surface area contributed by atoms with E-state index in [0.717, 1.165) is 11.1 Å². The minimum Gasteiger partial charge on any atom is -0.495 e. The second kappa shape index (κ2) is 16.2. The van der Waals surface area contributed by atoms with Crippen LogP contribution < -0.4 is 15.0 Å². The van der Waals surface area contributed by atoms with E-state index >= 15 is 0 Å². The van der Waals surface area contributed by atoms with Gasteiger partial charge in [-0.25, -0.2) is 9.59 Å². The lowest BCUT2D eigenvalue weighted by molar-refractivity contribution is -0.161. The molecule has 1 aromatic carbocycles. The Labute approximate surface area is 298 Å². The van der Waals surface area contributed by atoms with Crippen LogP contribution in [0.5, 0.6) is 5.75 Å². The van der Waals surface area contributed by atoms with Crippen molar-refractivity contribution in [3.8, 4) is 5.75 Å². The van der Waals surface area contributed by atoms with Crippen molar-refractivity contribution in [2.75, 3.05) is 39.0 Å². The number of likely N-dealkylation sites (N-methyl/N-ethyl adjacent to an activating group) is 1. The first-order valence-corrected chi connectivity index (χ1v) is 17.4. The number of nitrogens with one attached hydrogen (secondary N) is 1. The number of allylic oxidation sites excluding steroid dienone is 3. The van der Waals surface area contributed by atoms with Crippen LogP contribution in [-0.4, -0.2) is 105 Å². The molecule has 3 amide bonds. The first-order valence-electron chi connectivity index (χ1n) is 16.4. The number of hydrogen-bond donors (Lipinski definition) is 2. The van der Waals surface area contributed by atoms with Gasteiger partial charge in [-0.15, -0.1) is 0 Å². The second-order valence-electron chi connectivity index (χ2n) is 13.2. The number of benzene rings is 1. The number of carbonyl (C=O) groups excluding carboxylic acids is 4. The highest BCUT2D eigenvalue weighted by Crippen LogP contribution is 2.49. The Morgan fingerprint density at radius 3 is 2.63 bits per heavy atom. The summed E-state index contributed by atoms with van der Waals surface area (Å²) in [5, 5.41) is 3.13. The molecule has 0 saturated carbocycles. The van der Waals surface area contributed by atoms with E-state index in [1.165, 1.54) is 24.0 Å². The normalized spacial score (nSPS) is 31.2. The van der Waals surface area contributed by atoms with Crippen molar-refractivity contribution in [3.05, 3.63) is 46.5 Å². The molecule has 8 atom stereocenters. The van der Waals surface area contributed by atoms with E-state index in [4.69, 9.17) is 35.3 Å². The highest BCUT2D eigenvalue weighted by Gasteiger charge is 2.64. The number of nitrogens with zero attached hydrogens (tertiary/aromatic N) is 2. The molecule has 49 heavy (non-hydrogen) atoms.